The average Bonchev–Trinajstić information content (AvgIpc) is 3.24. The number of aromatic amines is 1. The van der Waals surface area contributed by atoms with Crippen LogP contribution in [0.2, 0.25) is 0 Å². The van der Waals surface area contributed by atoms with Crippen molar-refractivity contribution in [2.24, 2.45) is 5.92 Å². The van der Waals surface area contributed by atoms with Crippen LogP contribution in [0.5, 0.6) is 0 Å². The minimum absolute atomic E-state index is 0.148. The SMILES string of the molecule is Cc1nnc2ccc(N3CC(CNC(=O)c4n[nH]c5ccccc45)C3)nn12. The molecule has 9 nitrogen and oxygen atoms in total. The summed E-state index contributed by atoms with van der Waals surface area (Å²) < 4.78 is 1.74. The van der Waals surface area contributed by atoms with Crippen molar-refractivity contribution >= 4 is 28.3 Å². The Hall–Kier alpha value is -3.49. The first kappa shape index (κ1) is 15.7. The molecule has 3 aromatic heterocycles. The van der Waals surface area contributed by atoms with Crippen LogP contribution in [0.25, 0.3) is 16.6 Å². The van der Waals surface area contributed by atoms with Gasteiger partial charge < -0.3 is 10.2 Å². The van der Waals surface area contributed by atoms with E-state index >= 15 is 0 Å². The molecular weight excluding hydrogens is 344 g/mol. The van der Waals surface area contributed by atoms with E-state index in [1.54, 1.807) is 4.52 Å². The molecule has 0 aliphatic carbocycles. The number of amides is 1. The van der Waals surface area contributed by atoms with Crippen molar-refractivity contribution < 1.29 is 4.79 Å². The summed E-state index contributed by atoms with van der Waals surface area (Å²) in [4.78, 5) is 14.6. The molecule has 4 heterocycles. The number of rotatable bonds is 4. The number of para-hydroxylation sites is 1. The predicted molar refractivity (Wildman–Crippen MR) is 99.6 cm³/mol. The van der Waals surface area contributed by atoms with Crippen molar-refractivity contribution in [3.63, 3.8) is 0 Å². The van der Waals surface area contributed by atoms with Gasteiger partial charge in [0.25, 0.3) is 5.91 Å². The molecule has 0 radical (unpaired) electrons. The Morgan fingerprint density at radius 2 is 2.07 bits per heavy atom. The van der Waals surface area contributed by atoms with Crippen molar-refractivity contribution in [1.82, 2.24) is 35.3 Å². The molecule has 1 amide bonds. The molecule has 4 aromatic rings. The molecule has 0 saturated carbocycles. The van der Waals surface area contributed by atoms with Crippen molar-refractivity contribution in [1.29, 1.82) is 0 Å². The highest BCUT2D eigenvalue weighted by Gasteiger charge is 2.29. The second-order valence-corrected chi connectivity index (χ2v) is 6.81. The van der Waals surface area contributed by atoms with Gasteiger partial charge in [0, 0.05) is 30.9 Å². The topological polar surface area (TPSA) is 104 Å². The van der Waals surface area contributed by atoms with Crippen LogP contribution < -0.4 is 10.2 Å². The van der Waals surface area contributed by atoms with Crippen LogP contribution in [0.4, 0.5) is 5.82 Å². The number of anilines is 1. The summed E-state index contributed by atoms with van der Waals surface area (Å²) in [6, 6.07) is 11.5. The Bertz CT molecular complexity index is 1140. The second kappa shape index (κ2) is 6.04. The number of nitrogens with one attached hydrogen (secondary N) is 2. The van der Waals surface area contributed by atoms with Gasteiger partial charge in [-0.25, -0.2) is 0 Å². The maximum Gasteiger partial charge on any atom is 0.272 e. The Morgan fingerprint density at radius 1 is 1.22 bits per heavy atom. The summed E-state index contributed by atoms with van der Waals surface area (Å²) >= 11 is 0. The van der Waals surface area contributed by atoms with E-state index in [4.69, 9.17) is 0 Å². The maximum atomic E-state index is 12.4. The highest BCUT2D eigenvalue weighted by Crippen LogP contribution is 2.23. The standard InChI is InChI=1S/C18H18N8O/c1-11-20-22-15-6-7-16(24-26(11)15)25-9-12(10-25)8-19-18(27)17-13-4-2-3-5-14(13)21-23-17/h2-7,12H,8-10H2,1H3,(H,19,27)(H,21,23). The first-order valence-electron chi connectivity index (χ1n) is 8.84. The van der Waals surface area contributed by atoms with Gasteiger partial charge in [-0.2, -0.15) is 9.61 Å². The predicted octanol–water partition coefficient (Wildman–Crippen LogP) is 1.18. The smallest absolute Gasteiger partial charge is 0.272 e. The Morgan fingerprint density at radius 3 is 2.96 bits per heavy atom. The van der Waals surface area contributed by atoms with Crippen molar-refractivity contribution in [3.05, 3.63) is 47.9 Å². The molecule has 1 aliphatic heterocycles. The van der Waals surface area contributed by atoms with Gasteiger partial charge in [-0.3, -0.25) is 9.89 Å². The molecule has 5 rings (SSSR count). The van der Waals surface area contributed by atoms with Gasteiger partial charge >= 0.3 is 0 Å². The minimum atomic E-state index is -0.148. The summed E-state index contributed by atoms with van der Waals surface area (Å²) in [7, 11) is 0. The van der Waals surface area contributed by atoms with Gasteiger partial charge in [0.05, 0.1) is 5.52 Å². The van der Waals surface area contributed by atoms with Gasteiger partial charge in [-0.05, 0) is 25.1 Å². The molecule has 1 aromatic carbocycles. The van der Waals surface area contributed by atoms with Crippen LogP contribution in [0.3, 0.4) is 0 Å². The number of benzene rings is 1. The van der Waals surface area contributed by atoms with Crippen LogP contribution in [-0.2, 0) is 0 Å². The number of H-pyrrole nitrogens is 1. The number of nitrogens with zero attached hydrogens (tertiary/aromatic N) is 6. The van der Waals surface area contributed by atoms with E-state index in [1.165, 1.54) is 0 Å². The number of aryl methyl sites for hydroxylation is 1. The molecule has 0 bridgehead atoms. The molecule has 1 saturated heterocycles. The quantitative estimate of drug-likeness (QED) is 0.565. The van der Waals surface area contributed by atoms with E-state index in [1.807, 2.05) is 43.3 Å². The number of carbonyl (C=O) groups excluding carboxylic acids is 1. The van der Waals surface area contributed by atoms with Crippen LogP contribution in [0.15, 0.2) is 36.4 Å². The van der Waals surface area contributed by atoms with Gasteiger partial charge in [0.15, 0.2) is 17.2 Å². The zero-order valence-corrected chi connectivity index (χ0v) is 14.8. The number of carbonyl (C=O) groups is 1. The molecule has 1 fully saturated rings. The maximum absolute atomic E-state index is 12.4. The van der Waals surface area contributed by atoms with Crippen molar-refractivity contribution in [2.45, 2.75) is 6.92 Å². The third kappa shape index (κ3) is 2.67. The molecule has 9 heteroatoms. The second-order valence-electron chi connectivity index (χ2n) is 6.81. The summed E-state index contributed by atoms with van der Waals surface area (Å²) in [5, 5.41) is 23.5. The zero-order valence-electron chi connectivity index (χ0n) is 14.8. The molecule has 0 atom stereocenters. The van der Waals surface area contributed by atoms with Gasteiger partial charge in [0.2, 0.25) is 0 Å². The molecule has 27 heavy (non-hydrogen) atoms. The molecule has 0 unspecified atom stereocenters. The monoisotopic (exact) mass is 362 g/mol. The van der Waals surface area contributed by atoms with Crippen LogP contribution in [0.1, 0.15) is 16.3 Å². The normalized spacial score (nSPS) is 14.6. The van der Waals surface area contributed by atoms with E-state index in [-0.39, 0.29) is 5.91 Å². The van der Waals surface area contributed by atoms with E-state index < -0.39 is 0 Å². The van der Waals surface area contributed by atoms with E-state index in [0.29, 0.717) is 18.2 Å². The molecule has 0 spiro atoms. The van der Waals surface area contributed by atoms with Crippen molar-refractivity contribution in [3.8, 4) is 0 Å². The van der Waals surface area contributed by atoms with Crippen LogP contribution in [0, 0.1) is 12.8 Å². The Kier molecular flexibility index (Phi) is 3.52. The van der Waals surface area contributed by atoms with Crippen molar-refractivity contribution in [2.75, 3.05) is 24.5 Å². The first-order chi connectivity index (χ1) is 13.2. The van der Waals surface area contributed by atoms with Gasteiger partial charge in [-0.15, -0.1) is 15.3 Å². The number of fused-ring (bicyclic) bond motifs is 2. The molecule has 2 N–H and O–H groups in total. The van der Waals surface area contributed by atoms with E-state index in [9.17, 15) is 4.79 Å². The molecule has 136 valence electrons. The molecular formula is C18H18N8O. The summed E-state index contributed by atoms with van der Waals surface area (Å²) in [5.74, 6) is 1.90. The number of aromatic nitrogens is 6. The summed E-state index contributed by atoms with van der Waals surface area (Å²) in [6.07, 6.45) is 0. The highest BCUT2D eigenvalue weighted by molar-refractivity contribution is 6.04. The lowest BCUT2D eigenvalue weighted by Crippen LogP contribution is -2.52. The van der Waals surface area contributed by atoms with Crippen LogP contribution in [-0.4, -0.2) is 55.6 Å². The number of hydrogen-bond donors (Lipinski definition) is 2. The fourth-order valence-corrected chi connectivity index (χ4v) is 3.40. The first-order valence-corrected chi connectivity index (χ1v) is 8.84. The minimum Gasteiger partial charge on any atom is -0.354 e. The number of hydrogen-bond acceptors (Lipinski definition) is 6. The lowest BCUT2D eigenvalue weighted by Gasteiger charge is -2.40. The third-order valence-corrected chi connectivity index (χ3v) is 4.92. The fraction of sp³-hybridized carbons (Fsp3) is 0.278. The highest BCUT2D eigenvalue weighted by atomic mass is 16.1. The summed E-state index contributed by atoms with van der Waals surface area (Å²) in [5.41, 5.74) is 2.05. The lowest BCUT2D eigenvalue weighted by molar-refractivity contribution is 0.0941. The average molecular weight is 362 g/mol. The van der Waals surface area contributed by atoms with Gasteiger partial charge in [-0.1, -0.05) is 18.2 Å². The summed E-state index contributed by atoms with van der Waals surface area (Å²) in [6.45, 7) is 4.19. The van der Waals surface area contributed by atoms with Gasteiger partial charge in [0.1, 0.15) is 5.82 Å². The zero-order chi connectivity index (χ0) is 18.4. The molecule has 1 aliphatic rings. The Labute approximate surface area is 154 Å². The third-order valence-electron chi connectivity index (χ3n) is 4.92. The Balaban J connectivity index is 1.20. The lowest BCUT2D eigenvalue weighted by atomic mass is 10.00. The largest absolute Gasteiger partial charge is 0.354 e. The van der Waals surface area contributed by atoms with Crippen LogP contribution >= 0.6 is 0 Å². The van der Waals surface area contributed by atoms with E-state index in [2.05, 4.69) is 35.7 Å². The van der Waals surface area contributed by atoms with E-state index in [0.717, 1.165) is 41.3 Å². The fourth-order valence-electron chi connectivity index (χ4n) is 3.40.